The van der Waals surface area contributed by atoms with Crippen molar-refractivity contribution in [2.75, 3.05) is 43.5 Å². The maximum atomic E-state index is 13.9. The molecule has 1 aliphatic heterocycles. The molecule has 1 unspecified atom stereocenters. The van der Waals surface area contributed by atoms with Crippen molar-refractivity contribution in [3.05, 3.63) is 77.6 Å². The molecule has 1 aromatic heterocycles. The number of piperazine rings is 1. The van der Waals surface area contributed by atoms with Crippen LogP contribution in [0, 0.1) is 0 Å². The maximum Gasteiger partial charge on any atom is 0.419 e. The number of amides is 1. The summed E-state index contributed by atoms with van der Waals surface area (Å²) in [7, 11) is 1.24. The molecule has 1 atom stereocenters. The number of nitrogens with zero attached hydrogens (tertiary/aromatic N) is 4. The smallest absolute Gasteiger partial charge is 0.419 e. The Bertz CT molecular complexity index is 1390. The number of alkyl halides is 3. The summed E-state index contributed by atoms with van der Waals surface area (Å²) in [5, 5.41) is 2.99. The van der Waals surface area contributed by atoms with Crippen LogP contribution in [-0.4, -0.2) is 65.8 Å². The number of ether oxygens (including phenoxy) is 2. The first kappa shape index (κ1) is 31.6. The normalized spacial score (nSPS) is 14.7. The first-order valence-electron chi connectivity index (χ1n) is 14.0. The van der Waals surface area contributed by atoms with Gasteiger partial charge >= 0.3 is 18.2 Å². The molecular formula is C31H36F3N5O4. The zero-order valence-corrected chi connectivity index (χ0v) is 24.6. The van der Waals surface area contributed by atoms with Gasteiger partial charge < -0.3 is 24.6 Å². The fourth-order valence-electron chi connectivity index (χ4n) is 4.78. The van der Waals surface area contributed by atoms with Gasteiger partial charge in [-0.15, -0.1) is 0 Å². The van der Waals surface area contributed by atoms with Crippen LogP contribution in [0.1, 0.15) is 49.9 Å². The molecule has 1 amide bonds. The quantitative estimate of drug-likeness (QED) is 0.307. The number of methoxy groups -OCH3 is 1. The summed E-state index contributed by atoms with van der Waals surface area (Å²) in [5.41, 5.74) is 0.512. The molecule has 4 rings (SSSR count). The van der Waals surface area contributed by atoms with Crippen molar-refractivity contribution in [3.63, 3.8) is 0 Å². The number of aromatic nitrogens is 2. The van der Waals surface area contributed by atoms with Gasteiger partial charge in [0.25, 0.3) is 0 Å². The molecule has 0 radical (unpaired) electrons. The van der Waals surface area contributed by atoms with Gasteiger partial charge in [0.2, 0.25) is 5.95 Å². The number of nitrogens with one attached hydrogen (secondary N) is 1. The van der Waals surface area contributed by atoms with E-state index in [4.69, 9.17) is 9.47 Å². The average molecular weight is 600 g/mol. The second kappa shape index (κ2) is 13.3. The predicted octanol–water partition coefficient (Wildman–Crippen LogP) is 6.19. The third-order valence-corrected chi connectivity index (χ3v) is 6.94. The Labute approximate surface area is 249 Å². The highest BCUT2D eigenvalue weighted by atomic mass is 19.4. The number of anilines is 3. The van der Waals surface area contributed by atoms with Crippen LogP contribution in [0.4, 0.5) is 35.3 Å². The zero-order chi connectivity index (χ0) is 31.2. The molecule has 9 nitrogen and oxygen atoms in total. The number of halogens is 3. The molecule has 0 aliphatic carbocycles. The molecule has 0 bridgehead atoms. The Balaban J connectivity index is 1.47. The highest BCUT2D eigenvalue weighted by Gasteiger charge is 2.36. The molecular weight excluding hydrogens is 563 g/mol. The molecule has 1 saturated heterocycles. The lowest BCUT2D eigenvalue weighted by atomic mass is 9.90. The van der Waals surface area contributed by atoms with Crippen molar-refractivity contribution in [1.82, 2.24) is 14.9 Å². The lowest BCUT2D eigenvalue weighted by Crippen LogP contribution is -2.50. The second-order valence-electron chi connectivity index (χ2n) is 11.3. The number of carbonyl (C=O) groups excluding carboxylic acids is 2. The SMILES string of the molecule is COC(=O)CC(Cc1nc(Nc2ccc(N3CCN(C(=O)OC(C)(C)C)CC3)cc2)ncc1C(F)(F)F)c1ccccc1. The van der Waals surface area contributed by atoms with Crippen LogP contribution < -0.4 is 10.2 Å². The second-order valence-corrected chi connectivity index (χ2v) is 11.3. The van der Waals surface area contributed by atoms with E-state index in [1.54, 1.807) is 47.4 Å². The molecule has 43 heavy (non-hydrogen) atoms. The van der Waals surface area contributed by atoms with Crippen LogP contribution in [-0.2, 0) is 26.9 Å². The van der Waals surface area contributed by atoms with Gasteiger partial charge in [-0.3, -0.25) is 4.79 Å². The van der Waals surface area contributed by atoms with E-state index in [9.17, 15) is 22.8 Å². The number of hydrogen-bond donors (Lipinski definition) is 1. The minimum atomic E-state index is -4.67. The van der Waals surface area contributed by atoms with Gasteiger partial charge in [-0.1, -0.05) is 30.3 Å². The van der Waals surface area contributed by atoms with Gasteiger partial charge in [0.15, 0.2) is 0 Å². The Morgan fingerprint density at radius 3 is 2.21 bits per heavy atom. The third kappa shape index (κ3) is 8.82. The largest absolute Gasteiger partial charge is 0.469 e. The summed E-state index contributed by atoms with van der Waals surface area (Å²) in [4.78, 5) is 36.4. The average Bonchev–Trinajstić information content (AvgIpc) is 2.96. The van der Waals surface area contributed by atoms with Crippen LogP contribution >= 0.6 is 0 Å². The lowest BCUT2D eigenvalue weighted by molar-refractivity contribution is -0.141. The van der Waals surface area contributed by atoms with E-state index in [2.05, 4.69) is 20.2 Å². The lowest BCUT2D eigenvalue weighted by Gasteiger charge is -2.36. The maximum absolute atomic E-state index is 13.9. The van der Waals surface area contributed by atoms with Gasteiger partial charge in [-0.05, 0) is 62.9 Å². The molecule has 1 N–H and O–H groups in total. The molecule has 1 aliphatic rings. The van der Waals surface area contributed by atoms with Crippen molar-refractivity contribution in [2.45, 2.75) is 51.3 Å². The van der Waals surface area contributed by atoms with E-state index >= 15 is 0 Å². The predicted molar refractivity (Wildman–Crippen MR) is 156 cm³/mol. The fraction of sp³-hybridized carbons (Fsp3) is 0.419. The van der Waals surface area contributed by atoms with Crippen LogP contribution in [0.5, 0.6) is 0 Å². The van der Waals surface area contributed by atoms with Crippen molar-refractivity contribution in [3.8, 4) is 0 Å². The van der Waals surface area contributed by atoms with Gasteiger partial charge in [0.05, 0.1) is 24.8 Å². The van der Waals surface area contributed by atoms with Crippen LogP contribution in [0.2, 0.25) is 0 Å². The number of rotatable bonds is 8. The van der Waals surface area contributed by atoms with Crippen LogP contribution in [0.25, 0.3) is 0 Å². The fourth-order valence-corrected chi connectivity index (χ4v) is 4.78. The molecule has 0 spiro atoms. The Hall–Kier alpha value is -4.35. The van der Waals surface area contributed by atoms with Crippen molar-refractivity contribution < 1.29 is 32.2 Å². The van der Waals surface area contributed by atoms with Gasteiger partial charge in [-0.25, -0.2) is 14.8 Å². The monoisotopic (exact) mass is 599 g/mol. The third-order valence-electron chi connectivity index (χ3n) is 6.94. The standard InChI is InChI=1S/C31H36F3N5O4/c1-30(2,3)43-29(41)39-16-14-38(15-17-39)24-12-10-23(11-13-24)36-28-35-20-25(31(32,33)34)26(37-28)18-22(19-27(40)42-4)21-8-6-5-7-9-21/h5-13,20,22H,14-19H2,1-4H3,(H,35,36,37). The number of esters is 1. The van der Waals surface area contributed by atoms with E-state index in [0.717, 1.165) is 11.9 Å². The highest BCUT2D eigenvalue weighted by Crippen LogP contribution is 2.35. The molecule has 3 aromatic rings. The van der Waals surface area contributed by atoms with Gasteiger partial charge in [0, 0.05) is 43.8 Å². The Kier molecular flexibility index (Phi) is 9.77. The van der Waals surface area contributed by atoms with Crippen molar-refractivity contribution >= 4 is 29.4 Å². The van der Waals surface area contributed by atoms with Crippen molar-refractivity contribution in [2.24, 2.45) is 0 Å². The minimum absolute atomic E-state index is 0.00612. The summed E-state index contributed by atoms with van der Waals surface area (Å²) < 4.78 is 52.0. The summed E-state index contributed by atoms with van der Waals surface area (Å²) in [6, 6.07) is 16.2. The van der Waals surface area contributed by atoms with Gasteiger partial charge in [-0.2, -0.15) is 13.2 Å². The Morgan fingerprint density at radius 1 is 0.977 bits per heavy atom. The van der Waals surface area contributed by atoms with E-state index in [1.165, 1.54) is 7.11 Å². The molecule has 2 aromatic carbocycles. The van der Waals surface area contributed by atoms with Gasteiger partial charge in [0.1, 0.15) is 5.60 Å². The first-order valence-corrected chi connectivity index (χ1v) is 14.0. The topological polar surface area (TPSA) is 96.9 Å². The molecule has 1 fully saturated rings. The summed E-state index contributed by atoms with van der Waals surface area (Å²) in [6.45, 7) is 7.81. The molecule has 2 heterocycles. The van der Waals surface area contributed by atoms with Crippen LogP contribution in [0.15, 0.2) is 60.8 Å². The summed E-state index contributed by atoms with van der Waals surface area (Å²) in [5.74, 6) is -1.10. The number of carbonyl (C=O) groups is 2. The number of hydrogen-bond acceptors (Lipinski definition) is 8. The zero-order valence-electron chi connectivity index (χ0n) is 24.6. The minimum Gasteiger partial charge on any atom is -0.469 e. The van der Waals surface area contributed by atoms with E-state index < -0.39 is 29.2 Å². The highest BCUT2D eigenvalue weighted by molar-refractivity contribution is 5.70. The van der Waals surface area contributed by atoms with Crippen LogP contribution in [0.3, 0.4) is 0 Å². The van der Waals surface area contributed by atoms with E-state index in [1.807, 2.05) is 32.9 Å². The summed E-state index contributed by atoms with van der Waals surface area (Å²) in [6.07, 6.45) is -4.47. The Morgan fingerprint density at radius 2 is 1.63 bits per heavy atom. The summed E-state index contributed by atoms with van der Waals surface area (Å²) >= 11 is 0. The molecule has 230 valence electrons. The van der Waals surface area contributed by atoms with E-state index in [0.29, 0.717) is 37.4 Å². The molecule has 0 saturated carbocycles. The molecule has 12 heteroatoms. The van der Waals surface area contributed by atoms with E-state index in [-0.39, 0.29) is 30.6 Å². The number of benzene rings is 2. The first-order chi connectivity index (χ1) is 20.3. The van der Waals surface area contributed by atoms with Crippen molar-refractivity contribution in [1.29, 1.82) is 0 Å².